The topological polar surface area (TPSA) is 46.4 Å². The van der Waals surface area contributed by atoms with Gasteiger partial charge in [-0.2, -0.15) is 5.10 Å². The largest absolute Gasteiger partial charge is 0.490 e. The highest BCUT2D eigenvalue weighted by molar-refractivity contribution is 5.15. The highest BCUT2D eigenvalue weighted by Crippen LogP contribution is 2.36. The molecule has 152 valence electrons. The number of nitrogens with zero attached hydrogens (tertiary/aromatic N) is 5. The zero-order valence-corrected chi connectivity index (χ0v) is 16.2. The van der Waals surface area contributed by atoms with E-state index in [1.807, 2.05) is 24.3 Å². The number of piperidine rings is 1. The smallest absolute Gasteiger partial charge is 0.262 e. The minimum atomic E-state index is -2.64. The number of hydrogen-bond donors (Lipinski definition) is 0. The molecule has 6 nitrogen and oxygen atoms in total. The van der Waals surface area contributed by atoms with Crippen molar-refractivity contribution in [2.75, 3.05) is 26.2 Å². The van der Waals surface area contributed by atoms with Crippen molar-refractivity contribution in [3.05, 3.63) is 42.5 Å². The SMILES string of the molecule is Cn1cc(CN2CCC(N3CC(F)(F)C[C@H]3COc3cccnc3)CC2)cn1. The molecule has 2 aliphatic rings. The molecule has 0 radical (unpaired) electrons. The fraction of sp³-hybridized carbons (Fsp3) is 0.600. The summed E-state index contributed by atoms with van der Waals surface area (Å²) >= 11 is 0. The molecule has 1 atom stereocenters. The minimum Gasteiger partial charge on any atom is -0.490 e. The van der Waals surface area contributed by atoms with Gasteiger partial charge >= 0.3 is 0 Å². The Labute approximate surface area is 164 Å². The molecule has 8 heteroatoms. The van der Waals surface area contributed by atoms with Crippen LogP contribution in [0.2, 0.25) is 0 Å². The molecule has 2 aliphatic heterocycles. The molecule has 0 unspecified atom stereocenters. The Bertz CT molecular complexity index is 761. The number of aromatic nitrogens is 3. The molecule has 0 saturated carbocycles. The Hall–Kier alpha value is -2.06. The summed E-state index contributed by atoms with van der Waals surface area (Å²) in [6, 6.07) is 3.52. The molecule has 2 fully saturated rings. The van der Waals surface area contributed by atoms with Crippen LogP contribution in [0, 0.1) is 0 Å². The first kappa shape index (κ1) is 19.3. The first-order valence-corrected chi connectivity index (χ1v) is 9.85. The van der Waals surface area contributed by atoms with Gasteiger partial charge in [0.2, 0.25) is 0 Å². The van der Waals surface area contributed by atoms with E-state index in [4.69, 9.17) is 4.74 Å². The van der Waals surface area contributed by atoms with Gasteiger partial charge in [-0.05, 0) is 38.1 Å². The van der Waals surface area contributed by atoms with E-state index in [-0.39, 0.29) is 31.7 Å². The monoisotopic (exact) mass is 391 g/mol. The molecule has 0 spiro atoms. The third-order valence-corrected chi connectivity index (χ3v) is 5.68. The Morgan fingerprint density at radius 1 is 1.25 bits per heavy atom. The number of pyridine rings is 1. The van der Waals surface area contributed by atoms with Crippen molar-refractivity contribution < 1.29 is 13.5 Å². The lowest BCUT2D eigenvalue weighted by Gasteiger charge is -2.39. The number of likely N-dealkylation sites (tertiary alicyclic amines) is 2. The van der Waals surface area contributed by atoms with Crippen LogP contribution >= 0.6 is 0 Å². The maximum Gasteiger partial charge on any atom is 0.262 e. The van der Waals surface area contributed by atoms with Crippen LogP contribution in [0.15, 0.2) is 36.9 Å². The van der Waals surface area contributed by atoms with Crippen molar-refractivity contribution in [1.29, 1.82) is 0 Å². The van der Waals surface area contributed by atoms with Gasteiger partial charge < -0.3 is 4.74 Å². The predicted molar refractivity (Wildman–Crippen MR) is 101 cm³/mol. The number of alkyl halides is 2. The lowest BCUT2D eigenvalue weighted by atomic mass is 10.0. The lowest BCUT2D eigenvalue weighted by Crippen LogP contribution is -2.48. The average molecular weight is 391 g/mol. The van der Waals surface area contributed by atoms with E-state index in [1.165, 1.54) is 5.56 Å². The number of ether oxygens (including phenoxy) is 1. The molecule has 4 rings (SSSR count). The Balaban J connectivity index is 1.32. The molecule has 2 aromatic heterocycles. The number of halogens is 2. The Morgan fingerprint density at radius 2 is 2.07 bits per heavy atom. The second kappa shape index (κ2) is 8.13. The Kier molecular flexibility index (Phi) is 5.59. The third-order valence-electron chi connectivity index (χ3n) is 5.68. The molecule has 0 aromatic carbocycles. The van der Waals surface area contributed by atoms with Crippen LogP contribution in [0.3, 0.4) is 0 Å². The molecule has 4 heterocycles. The van der Waals surface area contributed by atoms with E-state index in [0.29, 0.717) is 5.75 Å². The predicted octanol–water partition coefficient (Wildman–Crippen LogP) is 2.57. The standard InChI is InChI=1S/C20H27F2N5O/c1-25-12-16(10-24-25)13-26-7-4-17(5-8-26)27-15-20(21,22)9-18(27)14-28-19-3-2-6-23-11-19/h2-3,6,10-12,17-18H,4-5,7-9,13-15H2,1H3/t18-/m0/s1. The fourth-order valence-electron chi connectivity index (χ4n) is 4.35. The summed E-state index contributed by atoms with van der Waals surface area (Å²) in [6.07, 6.45) is 8.87. The zero-order chi connectivity index (χ0) is 19.6. The maximum atomic E-state index is 14.2. The fourth-order valence-corrected chi connectivity index (χ4v) is 4.35. The normalized spacial score (nSPS) is 23.9. The van der Waals surface area contributed by atoms with Gasteiger partial charge in [-0.3, -0.25) is 19.5 Å². The van der Waals surface area contributed by atoms with Gasteiger partial charge in [-0.25, -0.2) is 8.78 Å². The maximum absolute atomic E-state index is 14.2. The van der Waals surface area contributed by atoms with Crippen molar-refractivity contribution in [2.45, 2.75) is 43.8 Å². The molecule has 0 N–H and O–H groups in total. The number of hydrogen-bond acceptors (Lipinski definition) is 5. The van der Waals surface area contributed by atoms with Gasteiger partial charge in [0.1, 0.15) is 12.4 Å². The molecule has 2 saturated heterocycles. The molecule has 0 amide bonds. The summed E-state index contributed by atoms with van der Waals surface area (Å²) < 4.78 is 35.9. The third kappa shape index (κ3) is 4.67. The number of rotatable bonds is 6. The van der Waals surface area contributed by atoms with Gasteiger partial charge in [0, 0.05) is 44.0 Å². The van der Waals surface area contributed by atoms with E-state index in [1.54, 1.807) is 29.2 Å². The van der Waals surface area contributed by atoms with Crippen molar-refractivity contribution in [3.8, 4) is 5.75 Å². The minimum absolute atomic E-state index is 0.136. The van der Waals surface area contributed by atoms with Gasteiger partial charge in [0.25, 0.3) is 5.92 Å². The van der Waals surface area contributed by atoms with Crippen LogP contribution in [0.4, 0.5) is 8.78 Å². The molecular weight excluding hydrogens is 364 g/mol. The van der Waals surface area contributed by atoms with E-state index >= 15 is 0 Å². The van der Waals surface area contributed by atoms with E-state index in [2.05, 4.69) is 15.0 Å². The highest BCUT2D eigenvalue weighted by atomic mass is 19.3. The van der Waals surface area contributed by atoms with Crippen molar-refractivity contribution in [2.24, 2.45) is 7.05 Å². The van der Waals surface area contributed by atoms with Gasteiger partial charge in [0.05, 0.1) is 25.0 Å². The number of aryl methyl sites for hydroxylation is 1. The van der Waals surface area contributed by atoms with Crippen molar-refractivity contribution in [3.63, 3.8) is 0 Å². The second-order valence-corrected chi connectivity index (χ2v) is 7.92. The van der Waals surface area contributed by atoms with Crippen LogP contribution in [0.1, 0.15) is 24.8 Å². The van der Waals surface area contributed by atoms with E-state index < -0.39 is 5.92 Å². The molecule has 28 heavy (non-hydrogen) atoms. The first-order valence-electron chi connectivity index (χ1n) is 9.85. The van der Waals surface area contributed by atoms with Crippen LogP contribution in [0.5, 0.6) is 5.75 Å². The molecular formula is C20H27F2N5O. The zero-order valence-electron chi connectivity index (χ0n) is 16.2. The van der Waals surface area contributed by atoms with Crippen LogP contribution in [0.25, 0.3) is 0 Å². The summed E-state index contributed by atoms with van der Waals surface area (Å²) in [5.41, 5.74) is 1.19. The summed E-state index contributed by atoms with van der Waals surface area (Å²) in [5.74, 6) is -2.01. The van der Waals surface area contributed by atoms with Gasteiger partial charge in [0.15, 0.2) is 0 Å². The quantitative estimate of drug-likeness (QED) is 0.758. The summed E-state index contributed by atoms with van der Waals surface area (Å²) in [4.78, 5) is 8.38. The first-order chi connectivity index (χ1) is 13.5. The van der Waals surface area contributed by atoms with Crippen molar-refractivity contribution >= 4 is 0 Å². The second-order valence-electron chi connectivity index (χ2n) is 7.92. The average Bonchev–Trinajstić information content (AvgIpc) is 3.23. The molecule has 0 bridgehead atoms. The summed E-state index contributed by atoms with van der Waals surface area (Å²) in [7, 11) is 1.91. The summed E-state index contributed by atoms with van der Waals surface area (Å²) in [6.45, 7) is 2.80. The van der Waals surface area contributed by atoms with Crippen LogP contribution in [-0.4, -0.2) is 68.8 Å². The molecule has 2 aromatic rings. The Morgan fingerprint density at radius 3 is 2.75 bits per heavy atom. The van der Waals surface area contributed by atoms with E-state index in [0.717, 1.165) is 32.5 Å². The van der Waals surface area contributed by atoms with Crippen LogP contribution < -0.4 is 4.74 Å². The summed E-state index contributed by atoms with van der Waals surface area (Å²) in [5, 5.41) is 4.21. The van der Waals surface area contributed by atoms with Gasteiger partial charge in [-0.15, -0.1) is 0 Å². The highest BCUT2D eigenvalue weighted by Gasteiger charge is 2.47. The molecule has 0 aliphatic carbocycles. The lowest BCUT2D eigenvalue weighted by molar-refractivity contribution is 0.00270. The van der Waals surface area contributed by atoms with Crippen molar-refractivity contribution in [1.82, 2.24) is 24.6 Å². The van der Waals surface area contributed by atoms with Crippen LogP contribution in [-0.2, 0) is 13.6 Å². The van der Waals surface area contributed by atoms with E-state index in [9.17, 15) is 8.78 Å². The van der Waals surface area contributed by atoms with Gasteiger partial charge in [-0.1, -0.05) is 0 Å².